The quantitative estimate of drug-likeness (QED) is 0.675. The van der Waals surface area contributed by atoms with Gasteiger partial charge in [0.05, 0.1) is 18.6 Å². The lowest BCUT2D eigenvalue weighted by atomic mass is 9.96. The highest BCUT2D eigenvalue weighted by Crippen LogP contribution is 2.28. The first-order valence-electron chi connectivity index (χ1n) is 11.2. The highest BCUT2D eigenvalue weighted by atomic mass is 16.6. The maximum Gasteiger partial charge on any atom is 0.414 e. The van der Waals surface area contributed by atoms with Crippen molar-refractivity contribution in [3.05, 3.63) is 30.2 Å². The van der Waals surface area contributed by atoms with Gasteiger partial charge < -0.3 is 19.7 Å². The number of aryl methyl sites for hydroxylation is 1. The van der Waals surface area contributed by atoms with E-state index in [1.165, 1.54) is 0 Å². The molecular formula is C23H31N5O5. The molecule has 2 atom stereocenters. The van der Waals surface area contributed by atoms with Crippen LogP contribution in [0.15, 0.2) is 28.8 Å². The van der Waals surface area contributed by atoms with E-state index in [0.29, 0.717) is 49.9 Å². The number of carbonyl (C=O) groups excluding carboxylic acids is 2. The van der Waals surface area contributed by atoms with Crippen molar-refractivity contribution in [3.8, 4) is 11.4 Å². The molecule has 0 radical (unpaired) electrons. The van der Waals surface area contributed by atoms with Crippen molar-refractivity contribution >= 4 is 17.7 Å². The number of hydrogen-bond donors (Lipinski definition) is 1. The SMILES string of the molecule is Cc1nc(-c2ccc(N3CC(C(N)N4CCC(C(=O)OC(C)(C)C)CC4)OC3=O)cc2)no1. The molecule has 178 valence electrons. The van der Waals surface area contributed by atoms with E-state index in [0.717, 1.165) is 5.56 Å². The lowest BCUT2D eigenvalue weighted by molar-refractivity contribution is -0.162. The number of aromatic nitrogens is 2. The van der Waals surface area contributed by atoms with Crippen molar-refractivity contribution in [2.24, 2.45) is 11.7 Å². The Labute approximate surface area is 193 Å². The minimum Gasteiger partial charge on any atom is -0.460 e. The number of carbonyl (C=O) groups is 2. The second-order valence-electron chi connectivity index (χ2n) is 9.55. The summed E-state index contributed by atoms with van der Waals surface area (Å²) in [5.41, 5.74) is 7.48. The zero-order valence-electron chi connectivity index (χ0n) is 19.5. The van der Waals surface area contributed by atoms with Gasteiger partial charge in [-0.2, -0.15) is 4.98 Å². The average molecular weight is 458 g/mol. The third-order valence-corrected chi connectivity index (χ3v) is 5.87. The first-order chi connectivity index (χ1) is 15.6. The van der Waals surface area contributed by atoms with E-state index in [1.54, 1.807) is 11.8 Å². The fourth-order valence-corrected chi connectivity index (χ4v) is 4.13. The Morgan fingerprint density at radius 2 is 1.88 bits per heavy atom. The summed E-state index contributed by atoms with van der Waals surface area (Å²) in [6, 6.07) is 7.31. The van der Waals surface area contributed by atoms with Crippen LogP contribution in [0, 0.1) is 12.8 Å². The number of anilines is 1. The number of esters is 1. The molecule has 2 saturated heterocycles. The van der Waals surface area contributed by atoms with Gasteiger partial charge in [0.2, 0.25) is 11.7 Å². The third kappa shape index (κ3) is 5.33. The summed E-state index contributed by atoms with van der Waals surface area (Å²) in [4.78, 5) is 32.7. The maximum atomic E-state index is 12.5. The van der Waals surface area contributed by atoms with Gasteiger partial charge in [0.1, 0.15) is 5.60 Å². The third-order valence-electron chi connectivity index (χ3n) is 5.87. The second kappa shape index (κ2) is 9.11. The smallest absolute Gasteiger partial charge is 0.414 e. The van der Waals surface area contributed by atoms with Gasteiger partial charge >= 0.3 is 12.1 Å². The largest absolute Gasteiger partial charge is 0.460 e. The number of benzene rings is 1. The van der Waals surface area contributed by atoms with Crippen LogP contribution >= 0.6 is 0 Å². The molecule has 2 fully saturated rings. The van der Waals surface area contributed by atoms with Crippen LogP contribution in [-0.4, -0.2) is 64.6 Å². The van der Waals surface area contributed by atoms with Gasteiger partial charge in [-0.1, -0.05) is 5.16 Å². The molecule has 2 unspecified atom stereocenters. The molecule has 2 N–H and O–H groups in total. The van der Waals surface area contributed by atoms with E-state index in [2.05, 4.69) is 15.0 Å². The number of amides is 1. The zero-order chi connectivity index (χ0) is 23.8. The van der Waals surface area contributed by atoms with Crippen LogP contribution in [0.4, 0.5) is 10.5 Å². The van der Waals surface area contributed by atoms with Crippen LogP contribution in [0.25, 0.3) is 11.4 Å². The summed E-state index contributed by atoms with van der Waals surface area (Å²) in [6.45, 7) is 9.00. The van der Waals surface area contributed by atoms with E-state index >= 15 is 0 Å². The summed E-state index contributed by atoms with van der Waals surface area (Å²) in [5.74, 6) is 0.701. The molecule has 10 heteroatoms. The highest BCUT2D eigenvalue weighted by molar-refractivity contribution is 5.90. The van der Waals surface area contributed by atoms with Crippen LogP contribution in [0.2, 0.25) is 0 Å². The monoisotopic (exact) mass is 457 g/mol. The number of hydrogen-bond acceptors (Lipinski definition) is 9. The first kappa shape index (κ1) is 23.2. The van der Waals surface area contributed by atoms with Gasteiger partial charge in [0.25, 0.3) is 0 Å². The fraction of sp³-hybridized carbons (Fsp3) is 0.565. The highest BCUT2D eigenvalue weighted by Gasteiger charge is 2.40. The molecule has 2 aromatic rings. The minimum atomic E-state index is -0.491. The van der Waals surface area contributed by atoms with Gasteiger partial charge in [0.15, 0.2) is 6.10 Å². The van der Waals surface area contributed by atoms with Crippen LogP contribution in [-0.2, 0) is 14.3 Å². The Bertz CT molecular complexity index is 991. The summed E-state index contributed by atoms with van der Waals surface area (Å²) in [7, 11) is 0. The van der Waals surface area contributed by atoms with Crippen molar-refractivity contribution in [1.82, 2.24) is 15.0 Å². The molecule has 0 bridgehead atoms. The summed E-state index contributed by atoms with van der Waals surface area (Å²) < 4.78 is 16.1. The summed E-state index contributed by atoms with van der Waals surface area (Å²) >= 11 is 0. The molecule has 4 rings (SSSR count). The molecular weight excluding hydrogens is 426 g/mol. The number of nitrogens with two attached hydrogens (primary N) is 1. The number of nitrogens with zero attached hydrogens (tertiary/aromatic N) is 4. The lowest BCUT2D eigenvalue weighted by Crippen LogP contribution is -2.54. The predicted octanol–water partition coefficient (Wildman–Crippen LogP) is 2.71. The fourth-order valence-electron chi connectivity index (χ4n) is 4.13. The predicted molar refractivity (Wildman–Crippen MR) is 120 cm³/mol. The Morgan fingerprint density at radius 3 is 2.45 bits per heavy atom. The molecule has 10 nitrogen and oxygen atoms in total. The van der Waals surface area contributed by atoms with Crippen molar-refractivity contribution in [2.75, 3.05) is 24.5 Å². The molecule has 33 heavy (non-hydrogen) atoms. The number of rotatable bonds is 5. The Kier molecular flexibility index (Phi) is 6.40. The van der Waals surface area contributed by atoms with Crippen molar-refractivity contribution in [3.63, 3.8) is 0 Å². The van der Waals surface area contributed by atoms with E-state index in [1.807, 2.05) is 45.0 Å². The molecule has 1 aromatic heterocycles. The standard InChI is InChI=1S/C23H31N5O5/c1-14-25-20(26-33-14)15-5-7-17(8-6-15)28-13-18(31-22(28)30)19(24)27-11-9-16(10-12-27)21(29)32-23(2,3)4/h5-8,16,18-19H,9-13,24H2,1-4H3. The maximum absolute atomic E-state index is 12.5. The van der Waals surface area contributed by atoms with E-state index < -0.39 is 24.0 Å². The molecule has 1 amide bonds. The van der Waals surface area contributed by atoms with E-state index in [9.17, 15) is 9.59 Å². The zero-order valence-corrected chi connectivity index (χ0v) is 19.5. The number of likely N-dealkylation sites (tertiary alicyclic amines) is 1. The lowest BCUT2D eigenvalue weighted by Gasteiger charge is -2.37. The van der Waals surface area contributed by atoms with Gasteiger partial charge in [0, 0.05) is 31.3 Å². The molecule has 0 saturated carbocycles. The molecule has 0 spiro atoms. The van der Waals surface area contributed by atoms with Crippen LogP contribution < -0.4 is 10.6 Å². The van der Waals surface area contributed by atoms with Crippen molar-refractivity contribution in [1.29, 1.82) is 0 Å². The van der Waals surface area contributed by atoms with Crippen molar-refractivity contribution < 1.29 is 23.6 Å². The Hall–Kier alpha value is -2.98. The van der Waals surface area contributed by atoms with Gasteiger partial charge in [-0.15, -0.1) is 0 Å². The van der Waals surface area contributed by atoms with E-state index in [-0.39, 0.29) is 11.9 Å². The number of piperidine rings is 1. The van der Waals surface area contributed by atoms with Gasteiger partial charge in [-0.3, -0.25) is 14.6 Å². The topological polar surface area (TPSA) is 124 Å². The average Bonchev–Trinajstić information content (AvgIpc) is 3.38. The summed E-state index contributed by atoms with van der Waals surface area (Å²) in [6.07, 6.45) is 0.00562. The van der Waals surface area contributed by atoms with Crippen LogP contribution in [0.5, 0.6) is 0 Å². The van der Waals surface area contributed by atoms with Gasteiger partial charge in [-0.25, -0.2) is 4.79 Å². The Morgan fingerprint density at radius 1 is 1.21 bits per heavy atom. The molecule has 2 aliphatic rings. The Balaban J connectivity index is 1.33. The molecule has 2 aliphatic heterocycles. The van der Waals surface area contributed by atoms with Crippen LogP contribution in [0.3, 0.4) is 0 Å². The number of cyclic esters (lactones) is 1. The summed E-state index contributed by atoms with van der Waals surface area (Å²) in [5, 5.41) is 3.91. The second-order valence-corrected chi connectivity index (χ2v) is 9.55. The van der Waals surface area contributed by atoms with E-state index in [4.69, 9.17) is 19.7 Å². The normalized spacial score (nSPS) is 21.2. The first-order valence-corrected chi connectivity index (χ1v) is 11.2. The molecule has 1 aromatic carbocycles. The van der Waals surface area contributed by atoms with Crippen LogP contribution in [0.1, 0.15) is 39.5 Å². The minimum absolute atomic E-state index is 0.128. The molecule has 0 aliphatic carbocycles. The van der Waals surface area contributed by atoms with Gasteiger partial charge in [-0.05, 0) is 57.9 Å². The molecule has 3 heterocycles. The number of ether oxygens (including phenoxy) is 2. The van der Waals surface area contributed by atoms with Crippen molar-refractivity contribution in [2.45, 2.75) is 58.4 Å².